The van der Waals surface area contributed by atoms with Gasteiger partial charge in [-0.25, -0.2) is 0 Å². The van der Waals surface area contributed by atoms with E-state index in [4.69, 9.17) is 0 Å². The highest BCUT2D eigenvalue weighted by Crippen LogP contribution is 2.67. The molecule has 0 aromatic heterocycles. The molecule has 1 unspecified atom stereocenters. The Morgan fingerprint density at radius 3 is 2.48 bits per heavy atom. The molecular weight excluding hydrogens is 256 g/mol. The van der Waals surface area contributed by atoms with E-state index < -0.39 is 0 Å². The van der Waals surface area contributed by atoms with Crippen LogP contribution in [0.5, 0.6) is 0 Å². The Balaban J connectivity index is 1.68. The molecule has 1 nitrogen and oxygen atoms in total. The van der Waals surface area contributed by atoms with Crippen LogP contribution < -0.4 is 0 Å². The highest BCUT2D eigenvalue weighted by Gasteiger charge is 2.59. The number of hydrogen-bond donors (Lipinski definition) is 1. The highest BCUT2D eigenvalue weighted by atomic mass is 16.3. The van der Waals surface area contributed by atoms with Gasteiger partial charge in [-0.15, -0.1) is 0 Å². The summed E-state index contributed by atoms with van der Waals surface area (Å²) in [6, 6.07) is 0. The summed E-state index contributed by atoms with van der Waals surface area (Å²) in [6.45, 7) is 5.66. The minimum absolute atomic E-state index is 0.451. The minimum Gasteiger partial charge on any atom is -0.396 e. The maximum absolute atomic E-state index is 10.0. The van der Waals surface area contributed by atoms with Crippen LogP contribution in [0.1, 0.15) is 78.1 Å². The van der Waals surface area contributed by atoms with E-state index in [1.165, 1.54) is 64.2 Å². The molecule has 0 bridgehead atoms. The molecular formula is C20H34O. The maximum atomic E-state index is 10.0. The zero-order valence-corrected chi connectivity index (χ0v) is 14.1. The Hall–Kier alpha value is -0.0400. The lowest BCUT2D eigenvalue weighted by molar-refractivity contribution is -0.136. The SMILES string of the molecule is C[C@@]12CCC[C@H]1[C@@H]1C[C@@H](CO)C3CCCC[C@]3(C)[C@H]1CC2. The molecule has 0 radical (unpaired) electrons. The molecule has 120 valence electrons. The Morgan fingerprint density at radius 1 is 0.857 bits per heavy atom. The first-order valence-electron chi connectivity index (χ1n) is 9.69. The van der Waals surface area contributed by atoms with E-state index in [2.05, 4.69) is 13.8 Å². The van der Waals surface area contributed by atoms with E-state index in [1.807, 2.05) is 0 Å². The number of aliphatic hydroxyl groups excluding tert-OH is 1. The third-order valence-corrected chi connectivity index (χ3v) is 8.77. The van der Waals surface area contributed by atoms with Gasteiger partial charge in [-0.1, -0.05) is 33.1 Å². The monoisotopic (exact) mass is 290 g/mol. The van der Waals surface area contributed by atoms with Crippen LogP contribution in [0.4, 0.5) is 0 Å². The molecule has 0 saturated heterocycles. The van der Waals surface area contributed by atoms with E-state index >= 15 is 0 Å². The van der Waals surface area contributed by atoms with Gasteiger partial charge in [0.05, 0.1) is 0 Å². The molecule has 1 heteroatoms. The Labute approximate surface area is 130 Å². The molecule has 4 rings (SSSR count). The standard InChI is InChI=1S/C20H34O/c1-19-9-5-7-17(19)15-12-14(13-21)16-6-3-4-10-20(16,2)18(15)8-11-19/h14-18,21H,3-13H2,1-2H3/t14-,15-,16?,17-,18-,19-,20-/m0/s1. The van der Waals surface area contributed by atoms with E-state index in [1.54, 1.807) is 0 Å². The lowest BCUT2D eigenvalue weighted by atomic mass is 9.43. The zero-order valence-electron chi connectivity index (χ0n) is 14.1. The van der Waals surface area contributed by atoms with Crippen molar-refractivity contribution in [2.45, 2.75) is 78.1 Å². The largest absolute Gasteiger partial charge is 0.396 e. The molecule has 0 aliphatic heterocycles. The summed E-state index contributed by atoms with van der Waals surface area (Å²) in [5, 5.41) is 10.0. The molecule has 4 fully saturated rings. The van der Waals surface area contributed by atoms with Crippen molar-refractivity contribution in [3.05, 3.63) is 0 Å². The van der Waals surface area contributed by atoms with E-state index in [0.717, 1.165) is 23.7 Å². The van der Waals surface area contributed by atoms with Gasteiger partial charge in [0.1, 0.15) is 0 Å². The average Bonchev–Trinajstić information content (AvgIpc) is 2.87. The molecule has 21 heavy (non-hydrogen) atoms. The lowest BCUT2D eigenvalue weighted by Gasteiger charge is -2.62. The number of hydrogen-bond acceptors (Lipinski definition) is 1. The first-order chi connectivity index (χ1) is 10.1. The van der Waals surface area contributed by atoms with Crippen LogP contribution in [0, 0.1) is 40.4 Å². The average molecular weight is 290 g/mol. The van der Waals surface area contributed by atoms with Crippen molar-refractivity contribution in [2.24, 2.45) is 40.4 Å². The van der Waals surface area contributed by atoms with Gasteiger partial charge < -0.3 is 5.11 Å². The van der Waals surface area contributed by atoms with Gasteiger partial charge in [-0.2, -0.15) is 0 Å². The van der Waals surface area contributed by atoms with Crippen molar-refractivity contribution < 1.29 is 5.11 Å². The van der Waals surface area contributed by atoms with Crippen LogP contribution in [-0.2, 0) is 0 Å². The molecule has 0 spiro atoms. The third kappa shape index (κ3) is 1.98. The van der Waals surface area contributed by atoms with Crippen LogP contribution in [0.2, 0.25) is 0 Å². The molecule has 4 saturated carbocycles. The van der Waals surface area contributed by atoms with Crippen molar-refractivity contribution >= 4 is 0 Å². The third-order valence-electron chi connectivity index (χ3n) is 8.77. The molecule has 0 aromatic carbocycles. The van der Waals surface area contributed by atoms with Crippen LogP contribution in [0.3, 0.4) is 0 Å². The Morgan fingerprint density at radius 2 is 1.67 bits per heavy atom. The van der Waals surface area contributed by atoms with E-state index in [0.29, 0.717) is 23.4 Å². The van der Waals surface area contributed by atoms with Gasteiger partial charge in [-0.3, -0.25) is 0 Å². The van der Waals surface area contributed by atoms with Crippen molar-refractivity contribution in [3.8, 4) is 0 Å². The van der Waals surface area contributed by atoms with Crippen molar-refractivity contribution in [1.82, 2.24) is 0 Å². The molecule has 4 aliphatic rings. The minimum atomic E-state index is 0.451. The molecule has 4 aliphatic carbocycles. The second-order valence-corrected chi connectivity index (χ2v) is 9.50. The van der Waals surface area contributed by atoms with Crippen molar-refractivity contribution in [3.63, 3.8) is 0 Å². The van der Waals surface area contributed by atoms with Gasteiger partial charge in [0.15, 0.2) is 0 Å². The van der Waals surface area contributed by atoms with E-state index in [9.17, 15) is 5.11 Å². The van der Waals surface area contributed by atoms with Crippen LogP contribution >= 0.6 is 0 Å². The number of fused-ring (bicyclic) bond motifs is 5. The smallest absolute Gasteiger partial charge is 0.0462 e. The first-order valence-corrected chi connectivity index (χ1v) is 9.69. The predicted octanol–water partition coefficient (Wildman–Crippen LogP) is 5.03. The van der Waals surface area contributed by atoms with E-state index in [-0.39, 0.29) is 0 Å². The second-order valence-electron chi connectivity index (χ2n) is 9.50. The van der Waals surface area contributed by atoms with Gasteiger partial charge in [0.2, 0.25) is 0 Å². The van der Waals surface area contributed by atoms with Gasteiger partial charge in [-0.05, 0) is 85.4 Å². The summed E-state index contributed by atoms with van der Waals surface area (Å²) in [5.41, 5.74) is 1.21. The molecule has 0 amide bonds. The van der Waals surface area contributed by atoms with Crippen molar-refractivity contribution in [1.29, 1.82) is 0 Å². The maximum Gasteiger partial charge on any atom is 0.0462 e. The lowest BCUT2D eigenvalue weighted by Crippen LogP contribution is -2.55. The van der Waals surface area contributed by atoms with Gasteiger partial charge >= 0.3 is 0 Å². The van der Waals surface area contributed by atoms with Gasteiger partial charge in [0.25, 0.3) is 0 Å². The summed E-state index contributed by atoms with van der Waals surface area (Å²) in [6.07, 6.45) is 14.4. The Kier molecular flexibility index (Phi) is 3.45. The van der Waals surface area contributed by atoms with Crippen LogP contribution in [-0.4, -0.2) is 11.7 Å². The first kappa shape index (κ1) is 14.5. The highest BCUT2D eigenvalue weighted by molar-refractivity contribution is 5.08. The summed E-state index contributed by atoms with van der Waals surface area (Å²) >= 11 is 0. The fourth-order valence-corrected chi connectivity index (χ4v) is 7.76. The van der Waals surface area contributed by atoms with Crippen molar-refractivity contribution in [2.75, 3.05) is 6.61 Å². The topological polar surface area (TPSA) is 20.2 Å². The molecule has 7 atom stereocenters. The zero-order chi connectivity index (χ0) is 14.7. The summed E-state index contributed by atoms with van der Waals surface area (Å²) in [5.74, 6) is 4.32. The molecule has 0 aromatic rings. The fraction of sp³-hybridized carbons (Fsp3) is 1.00. The van der Waals surface area contributed by atoms with Crippen LogP contribution in [0.25, 0.3) is 0 Å². The summed E-state index contributed by atoms with van der Waals surface area (Å²) < 4.78 is 0. The fourth-order valence-electron chi connectivity index (χ4n) is 7.76. The molecule has 1 N–H and O–H groups in total. The number of aliphatic hydroxyl groups is 1. The summed E-state index contributed by atoms with van der Waals surface area (Å²) in [7, 11) is 0. The Bertz CT molecular complexity index is 405. The normalized spacial score (nSPS) is 56.4. The second kappa shape index (κ2) is 4.98. The quantitative estimate of drug-likeness (QED) is 0.718. The summed E-state index contributed by atoms with van der Waals surface area (Å²) in [4.78, 5) is 0. The predicted molar refractivity (Wildman–Crippen MR) is 86.9 cm³/mol. The molecule has 0 heterocycles. The number of rotatable bonds is 1. The van der Waals surface area contributed by atoms with Crippen LogP contribution in [0.15, 0.2) is 0 Å². The van der Waals surface area contributed by atoms with Gasteiger partial charge in [0, 0.05) is 6.61 Å².